The molecule has 6 nitrogen and oxygen atoms in total. The molecule has 21 heavy (non-hydrogen) atoms. The first kappa shape index (κ1) is 14.0. The van der Waals surface area contributed by atoms with Crippen molar-refractivity contribution in [2.24, 2.45) is 0 Å². The molecule has 0 spiro atoms. The first-order chi connectivity index (χ1) is 10.2. The van der Waals surface area contributed by atoms with E-state index in [0.29, 0.717) is 6.04 Å². The number of aryl methyl sites for hydroxylation is 2. The van der Waals surface area contributed by atoms with Crippen LogP contribution in [-0.4, -0.2) is 39.2 Å². The summed E-state index contributed by atoms with van der Waals surface area (Å²) in [5.41, 5.74) is 2.18. The van der Waals surface area contributed by atoms with Gasteiger partial charge >= 0.3 is 0 Å². The first-order valence-corrected chi connectivity index (χ1v) is 7.38. The number of piperidine rings is 1. The molecule has 0 amide bonds. The number of hydrogen-bond donors (Lipinski definition) is 1. The van der Waals surface area contributed by atoms with Gasteiger partial charge < -0.3 is 9.84 Å². The largest absolute Gasteiger partial charge is 0.367 e. The van der Waals surface area contributed by atoms with Gasteiger partial charge in [0.05, 0.1) is 6.20 Å². The SMILES string of the molecule is Cc1cc(NC2CCN(Cc3cnoc3C)CC2)ncn1. The maximum Gasteiger partial charge on any atom is 0.138 e. The second kappa shape index (κ2) is 6.22. The van der Waals surface area contributed by atoms with Crippen LogP contribution in [0.4, 0.5) is 5.82 Å². The number of hydrogen-bond acceptors (Lipinski definition) is 6. The first-order valence-electron chi connectivity index (χ1n) is 7.38. The predicted molar refractivity (Wildman–Crippen MR) is 79.9 cm³/mol. The molecule has 112 valence electrons. The average molecular weight is 287 g/mol. The summed E-state index contributed by atoms with van der Waals surface area (Å²) in [5, 5.41) is 7.34. The van der Waals surface area contributed by atoms with Crippen molar-refractivity contribution in [3.05, 3.63) is 35.6 Å². The van der Waals surface area contributed by atoms with E-state index in [9.17, 15) is 0 Å². The molecule has 0 saturated carbocycles. The van der Waals surface area contributed by atoms with Crippen LogP contribution in [0.3, 0.4) is 0 Å². The molecule has 3 rings (SSSR count). The zero-order chi connectivity index (χ0) is 14.7. The molecule has 0 atom stereocenters. The van der Waals surface area contributed by atoms with Crippen LogP contribution in [0.2, 0.25) is 0 Å². The van der Waals surface area contributed by atoms with Crippen LogP contribution in [-0.2, 0) is 6.54 Å². The van der Waals surface area contributed by atoms with Crippen molar-refractivity contribution in [1.29, 1.82) is 0 Å². The van der Waals surface area contributed by atoms with Crippen LogP contribution < -0.4 is 5.32 Å². The third-order valence-electron chi connectivity index (χ3n) is 3.99. The number of anilines is 1. The minimum absolute atomic E-state index is 0.485. The lowest BCUT2D eigenvalue weighted by Gasteiger charge is -2.32. The van der Waals surface area contributed by atoms with Gasteiger partial charge in [0.1, 0.15) is 17.9 Å². The van der Waals surface area contributed by atoms with Crippen molar-refractivity contribution in [3.8, 4) is 0 Å². The van der Waals surface area contributed by atoms with Crippen LogP contribution >= 0.6 is 0 Å². The third kappa shape index (κ3) is 3.58. The monoisotopic (exact) mass is 287 g/mol. The molecule has 1 saturated heterocycles. The fourth-order valence-electron chi connectivity index (χ4n) is 2.69. The lowest BCUT2D eigenvalue weighted by atomic mass is 10.0. The summed E-state index contributed by atoms with van der Waals surface area (Å²) in [7, 11) is 0. The van der Waals surface area contributed by atoms with Crippen LogP contribution in [0.25, 0.3) is 0 Å². The minimum Gasteiger partial charge on any atom is -0.367 e. The number of nitrogens with one attached hydrogen (secondary N) is 1. The molecule has 1 aliphatic rings. The van der Waals surface area contributed by atoms with Gasteiger partial charge in [-0.15, -0.1) is 0 Å². The van der Waals surface area contributed by atoms with Crippen LogP contribution in [0.1, 0.15) is 29.9 Å². The summed E-state index contributed by atoms with van der Waals surface area (Å²) >= 11 is 0. The standard InChI is InChI=1S/C15H21N5O/c1-11-7-15(17-10-16-11)19-14-3-5-20(6-4-14)9-13-8-18-21-12(13)2/h7-8,10,14H,3-6,9H2,1-2H3,(H,16,17,19). The number of nitrogens with zero attached hydrogens (tertiary/aromatic N) is 4. The summed E-state index contributed by atoms with van der Waals surface area (Å²) < 4.78 is 5.11. The van der Waals surface area contributed by atoms with Crippen molar-refractivity contribution in [1.82, 2.24) is 20.0 Å². The number of aromatic nitrogens is 3. The van der Waals surface area contributed by atoms with Crippen molar-refractivity contribution >= 4 is 5.82 Å². The van der Waals surface area contributed by atoms with E-state index in [4.69, 9.17) is 4.52 Å². The Bertz CT molecular complexity index is 589. The lowest BCUT2D eigenvalue weighted by molar-refractivity contribution is 0.210. The summed E-state index contributed by atoms with van der Waals surface area (Å²) in [4.78, 5) is 10.8. The molecule has 2 aromatic heterocycles. The highest BCUT2D eigenvalue weighted by atomic mass is 16.5. The summed E-state index contributed by atoms with van der Waals surface area (Å²) in [6.07, 6.45) is 5.67. The quantitative estimate of drug-likeness (QED) is 0.929. The van der Waals surface area contributed by atoms with Crippen molar-refractivity contribution in [3.63, 3.8) is 0 Å². The molecule has 1 aliphatic heterocycles. The summed E-state index contributed by atoms with van der Waals surface area (Å²) in [5.74, 6) is 1.85. The Balaban J connectivity index is 1.50. The van der Waals surface area contributed by atoms with Gasteiger partial charge in [-0.25, -0.2) is 9.97 Å². The minimum atomic E-state index is 0.485. The Morgan fingerprint density at radius 1 is 1.29 bits per heavy atom. The molecular formula is C15H21N5O. The van der Waals surface area contributed by atoms with Crippen molar-refractivity contribution in [2.45, 2.75) is 39.3 Å². The van der Waals surface area contributed by atoms with Gasteiger partial charge in [0.2, 0.25) is 0 Å². The van der Waals surface area contributed by atoms with Gasteiger partial charge in [0, 0.05) is 43.0 Å². The molecule has 1 fully saturated rings. The molecule has 0 bridgehead atoms. The molecule has 0 aromatic carbocycles. The van der Waals surface area contributed by atoms with Gasteiger partial charge in [0.25, 0.3) is 0 Å². The molecule has 3 heterocycles. The highest BCUT2D eigenvalue weighted by Crippen LogP contribution is 2.18. The van der Waals surface area contributed by atoms with E-state index in [0.717, 1.165) is 49.7 Å². The predicted octanol–water partition coefficient (Wildman–Crippen LogP) is 2.16. The molecule has 0 radical (unpaired) electrons. The number of likely N-dealkylation sites (tertiary alicyclic amines) is 1. The normalized spacial score (nSPS) is 17.0. The Hall–Kier alpha value is -1.95. The molecule has 6 heteroatoms. The maximum atomic E-state index is 5.11. The molecule has 0 unspecified atom stereocenters. The van der Waals surface area contributed by atoms with Crippen LogP contribution in [0.15, 0.2) is 23.1 Å². The second-order valence-electron chi connectivity index (χ2n) is 5.65. The Kier molecular flexibility index (Phi) is 4.15. The molecule has 1 N–H and O–H groups in total. The van der Waals surface area contributed by atoms with Gasteiger partial charge in [0.15, 0.2) is 0 Å². The van der Waals surface area contributed by atoms with E-state index >= 15 is 0 Å². The molecular weight excluding hydrogens is 266 g/mol. The van der Waals surface area contributed by atoms with E-state index < -0.39 is 0 Å². The van der Waals surface area contributed by atoms with Gasteiger partial charge in [-0.05, 0) is 26.7 Å². The van der Waals surface area contributed by atoms with Crippen molar-refractivity contribution in [2.75, 3.05) is 18.4 Å². The molecule has 2 aromatic rings. The van der Waals surface area contributed by atoms with Gasteiger partial charge in [-0.1, -0.05) is 5.16 Å². The zero-order valence-electron chi connectivity index (χ0n) is 12.5. The Labute approximate surface area is 124 Å². The topological polar surface area (TPSA) is 67.1 Å². The highest BCUT2D eigenvalue weighted by molar-refractivity contribution is 5.35. The Morgan fingerprint density at radius 2 is 2.10 bits per heavy atom. The fourth-order valence-corrected chi connectivity index (χ4v) is 2.69. The van der Waals surface area contributed by atoms with E-state index in [1.54, 1.807) is 6.33 Å². The smallest absolute Gasteiger partial charge is 0.138 e. The van der Waals surface area contributed by atoms with Crippen LogP contribution in [0.5, 0.6) is 0 Å². The Morgan fingerprint density at radius 3 is 2.76 bits per heavy atom. The van der Waals surface area contributed by atoms with E-state index in [1.807, 2.05) is 26.1 Å². The van der Waals surface area contributed by atoms with E-state index in [-0.39, 0.29) is 0 Å². The second-order valence-corrected chi connectivity index (χ2v) is 5.65. The van der Waals surface area contributed by atoms with Crippen molar-refractivity contribution < 1.29 is 4.52 Å². The maximum absolute atomic E-state index is 5.11. The number of rotatable bonds is 4. The summed E-state index contributed by atoms with van der Waals surface area (Å²) in [6.45, 7) is 7.03. The van der Waals surface area contributed by atoms with Crippen LogP contribution in [0, 0.1) is 13.8 Å². The lowest BCUT2D eigenvalue weighted by Crippen LogP contribution is -2.38. The molecule has 0 aliphatic carbocycles. The third-order valence-corrected chi connectivity index (χ3v) is 3.99. The van der Waals surface area contributed by atoms with E-state index in [1.165, 1.54) is 5.56 Å². The average Bonchev–Trinajstić information content (AvgIpc) is 2.87. The highest BCUT2D eigenvalue weighted by Gasteiger charge is 2.20. The summed E-state index contributed by atoms with van der Waals surface area (Å²) in [6, 6.07) is 2.48. The van der Waals surface area contributed by atoms with Gasteiger partial charge in [-0.2, -0.15) is 0 Å². The van der Waals surface area contributed by atoms with Gasteiger partial charge in [-0.3, -0.25) is 4.90 Å². The zero-order valence-corrected chi connectivity index (χ0v) is 12.5. The van der Waals surface area contributed by atoms with E-state index in [2.05, 4.69) is 25.3 Å². The fraction of sp³-hybridized carbons (Fsp3) is 0.533.